The van der Waals surface area contributed by atoms with Crippen molar-refractivity contribution >= 4 is 21.8 Å². The van der Waals surface area contributed by atoms with E-state index in [4.69, 9.17) is 0 Å². The molecule has 3 atom stereocenters. The maximum absolute atomic E-state index is 13.2. The third-order valence-corrected chi connectivity index (χ3v) is 8.60. The molecule has 2 fully saturated rings. The number of amides is 2. The number of hydrogen-bond acceptors (Lipinski definition) is 4. The smallest absolute Gasteiger partial charge is 0.251 e. The highest BCUT2D eigenvalue weighted by atomic mass is 32.2. The molecule has 1 heterocycles. The van der Waals surface area contributed by atoms with E-state index in [0.29, 0.717) is 37.8 Å². The normalized spacial score (nSPS) is 23.4. The van der Waals surface area contributed by atoms with Gasteiger partial charge in [0.2, 0.25) is 15.9 Å². The van der Waals surface area contributed by atoms with Gasteiger partial charge in [-0.05, 0) is 74.2 Å². The van der Waals surface area contributed by atoms with Gasteiger partial charge in [-0.3, -0.25) is 9.59 Å². The Morgan fingerprint density at radius 2 is 1.37 bits per heavy atom. The number of carbonyl (C=O) groups is 2. The standard InChI is InChI=1S/C25H29F2N3O4S/c26-19-9-7-17(8-10-19)24(31)28-22-5-1-2-6-23(22)29-25(32)18-4-3-15-30(16-18)35(33,34)21-13-11-20(27)12-14-21/h7-14,18,22-23H,1-6,15-16H2,(H,28,31)(H,29,32)/t18-,22+,23+/m0/s1. The number of hydrogen-bond donors (Lipinski definition) is 2. The van der Waals surface area contributed by atoms with Crippen molar-refractivity contribution < 1.29 is 26.8 Å². The first-order chi connectivity index (χ1) is 16.7. The number of rotatable bonds is 6. The van der Waals surface area contributed by atoms with Crippen LogP contribution in [0.15, 0.2) is 53.4 Å². The van der Waals surface area contributed by atoms with Crippen molar-refractivity contribution in [3.05, 3.63) is 65.7 Å². The second-order valence-electron chi connectivity index (χ2n) is 9.14. The van der Waals surface area contributed by atoms with Crippen LogP contribution in [-0.4, -0.2) is 49.7 Å². The van der Waals surface area contributed by atoms with Crippen LogP contribution in [0.1, 0.15) is 48.9 Å². The fourth-order valence-corrected chi connectivity index (χ4v) is 6.28. The molecule has 1 aliphatic heterocycles. The van der Waals surface area contributed by atoms with Gasteiger partial charge in [0.1, 0.15) is 11.6 Å². The molecule has 0 unspecified atom stereocenters. The summed E-state index contributed by atoms with van der Waals surface area (Å²) in [6.45, 7) is 0.341. The molecule has 1 saturated carbocycles. The van der Waals surface area contributed by atoms with Crippen molar-refractivity contribution in [1.29, 1.82) is 0 Å². The first kappa shape index (κ1) is 25.2. The number of nitrogens with zero attached hydrogens (tertiary/aromatic N) is 1. The summed E-state index contributed by atoms with van der Waals surface area (Å²) < 4.78 is 53.7. The van der Waals surface area contributed by atoms with Gasteiger partial charge in [0.05, 0.1) is 10.8 Å². The van der Waals surface area contributed by atoms with Gasteiger partial charge < -0.3 is 10.6 Å². The van der Waals surface area contributed by atoms with Crippen molar-refractivity contribution in [2.75, 3.05) is 13.1 Å². The molecule has 0 bridgehead atoms. The van der Waals surface area contributed by atoms with Crippen LogP contribution in [-0.2, 0) is 14.8 Å². The molecule has 0 radical (unpaired) electrons. The molecule has 0 aromatic heterocycles. The minimum absolute atomic E-state index is 0.00388. The van der Waals surface area contributed by atoms with Crippen molar-refractivity contribution in [3.8, 4) is 0 Å². The Labute approximate surface area is 203 Å². The van der Waals surface area contributed by atoms with Crippen LogP contribution in [0.3, 0.4) is 0 Å². The molecule has 2 amide bonds. The lowest BCUT2D eigenvalue weighted by Gasteiger charge is -2.36. The highest BCUT2D eigenvalue weighted by Gasteiger charge is 2.35. The summed E-state index contributed by atoms with van der Waals surface area (Å²) in [6.07, 6.45) is 4.31. The van der Waals surface area contributed by atoms with Crippen LogP contribution in [0.25, 0.3) is 0 Å². The number of halogens is 2. The van der Waals surface area contributed by atoms with E-state index < -0.39 is 27.6 Å². The largest absolute Gasteiger partial charge is 0.351 e. The molecule has 0 spiro atoms. The van der Waals surface area contributed by atoms with E-state index in [1.807, 2.05) is 0 Å². The Balaban J connectivity index is 1.39. The molecule has 4 rings (SSSR count). The van der Waals surface area contributed by atoms with Crippen LogP contribution < -0.4 is 10.6 Å². The summed E-state index contributed by atoms with van der Waals surface area (Å²) in [5.41, 5.74) is 0.343. The monoisotopic (exact) mass is 505 g/mol. The zero-order valence-electron chi connectivity index (χ0n) is 19.3. The quantitative estimate of drug-likeness (QED) is 0.630. The fourth-order valence-electron chi connectivity index (χ4n) is 4.76. The Bertz CT molecular complexity index is 1160. The Morgan fingerprint density at radius 1 is 0.800 bits per heavy atom. The molecule has 188 valence electrons. The SMILES string of the molecule is O=C(N[C@@H]1CCCC[C@H]1NC(=O)[C@H]1CCCN(S(=O)(=O)c2ccc(F)cc2)C1)c1ccc(F)cc1. The fraction of sp³-hybridized carbons (Fsp3) is 0.440. The maximum atomic E-state index is 13.2. The lowest BCUT2D eigenvalue weighted by molar-refractivity contribution is -0.127. The molecule has 1 saturated heterocycles. The van der Waals surface area contributed by atoms with Crippen LogP contribution in [0.4, 0.5) is 8.78 Å². The summed E-state index contributed by atoms with van der Waals surface area (Å²) in [7, 11) is -3.84. The van der Waals surface area contributed by atoms with Crippen LogP contribution in [0.2, 0.25) is 0 Å². The molecule has 2 aromatic carbocycles. The van der Waals surface area contributed by atoms with Crippen molar-refractivity contribution in [3.63, 3.8) is 0 Å². The van der Waals surface area contributed by atoms with Crippen LogP contribution in [0.5, 0.6) is 0 Å². The summed E-state index contributed by atoms with van der Waals surface area (Å²) in [5, 5.41) is 6.00. The third-order valence-electron chi connectivity index (χ3n) is 6.72. The molecular formula is C25H29F2N3O4S. The van der Waals surface area contributed by atoms with Crippen molar-refractivity contribution in [1.82, 2.24) is 14.9 Å². The van der Waals surface area contributed by atoms with E-state index in [1.165, 1.54) is 40.7 Å². The molecule has 7 nitrogen and oxygen atoms in total. The predicted molar refractivity (Wildman–Crippen MR) is 126 cm³/mol. The summed E-state index contributed by atoms with van der Waals surface area (Å²) >= 11 is 0. The predicted octanol–water partition coefficient (Wildman–Crippen LogP) is 3.22. The Kier molecular flexibility index (Phi) is 7.81. The number of nitrogens with one attached hydrogen (secondary N) is 2. The topological polar surface area (TPSA) is 95.6 Å². The number of sulfonamides is 1. The zero-order valence-corrected chi connectivity index (χ0v) is 20.1. The molecule has 2 aromatic rings. The molecular weight excluding hydrogens is 476 g/mol. The van der Waals surface area contributed by atoms with Crippen LogP contribution >= 0.6 is 0 Å². The Morgan fingerprint density at radius 3 is 2.00 bits per heavy atom. The second kappa shape index (κ2) is 10.8. The molecule has 1 aliphatic carbocycles. The van der Waals surface area contributed by atoms with E-state index in [9.17, 15) is 26.8 Å². The van der Waals surface area contributed by atoms with Gasteiger partial charge >= 0.3 is 0 Å². The summed E-state index contributed by atoms with van der Waals surface area (Å²) in [6, 6.07) is 9.40. The van der Waals surface area contributed by atoms with E-state index in [-0.39, 0.29) is 35.3 Å². The first-order valence-corrected chi connectivity index (χ1v) is 13.3. The van der Waals surface area contributed by atoms with E-state index in [1.54, 1.807) is 0 Å². The minimum Gasteiger partial charge on any atom is -0.351 e. The average molecular weight is 506 g/mol. The van der Waals surface area contributed by atoms with Gasteiger partial charge in [0, 0.05) is 30.7 Å². The zero-order chi connectivity index (χ0) is 25.0. The summed E-state index contributed by atoms with van der Waals surface area (Å²) in [5.74, 6) is -2.03. The van der Waals surface area contributed by atoms with Gasteiger partial charge in [0.25, 0.3) is 5.91 Å². The minimum atomic E-state index is -3.84. The first-order valence-electron chi connectivity index (χ1n) is 11.9. The van der Waals surface area contributed by atoms with Gasteiger partial charge in [-0.1, -0.05) is 12.8 Å². The van der Waals surface area contributed by atoms with Gasteiger partial charge in [-0.15, -0.1) is 0 Å². The maximum Gasteiger partial charge on any atom is 0.251 e. The molecule has 10 heteroatoms. The van der Waals surface area contributed by atoms with E-state index in [0.717, 1.165) is 25.0 Å². The highest BCUT2D eigenvalue weighted by Crippen LogP contribution is 2.25. The van der Waals surface area contributed by atoms with Gasteiger partial charge in [-0.25, -0.2) is 17.2 Å². The molecule has 2 N–H and O–H groups in total. The van der Waals surface area contributed by atoms with Crippen LogP contribution in [0, 0.1) is 17.6 Å². The number of benzene rings is 2. The highest BCUT2D eigenvalue weighted by molar-refractivity contribution is 7.89. The third kappa shape index (κ3) is 6.05. The summed E-state index contributed by atoms with van der Waals surface area (Å²) in [4.78, 5) is 25.7. The second-order valence-corrected chi connectivity index (χ2v) is 11.1. The van der Waals surface area contributed by atoms with E-state index in [2.05, 4.69) is 10.6 Å². The number of carbonyl (C=O) groups excluding carboxylic acids is 2. The van der Waals surface area contributed by atoms with E-state index >= 15 is 0 Å². The molecule has 35 heavy (non-hydrogen) atoms. The van der Waals surface area contributed by atoms with Gasteiger partial charge in [-0.2, -0.15) is 4.31 Å². The van der Waals surface area contributed by atoms with Gasteiger partial charge in [0.15, 0.2) is 0 Å². The molecule has 2 aliphatic rings. The van der Waals surface area contributed by atoms with Crippen molar-refractivity contribution in [2.24, 2.45) is 5.92 Å². The number of piperidine rings is 1. The average Bonchev–Trinajstić information content (AvgIpc) is 2.86. The Hall–Kier alpha value is -2.85. The van der Waals surface area contributed by atoms with Crippen molar-refractivity contribution in [2.45, 2.75) is 55.5 Å². The lowest BCUT2D eigenvalue weighted by Crippen LogP contribution is -2.55. The lowest BCUT2D eigenvalue weighted by atomic mass is 9.89.